The highest BCUT2D eigenvalue weighted by Gasteiger charge is 2.18. The fraction of sp³-hybridized carbons (Fsp3) is 0.333. The molecule has 4 nitrogen and oxygen atoms in total. The van der Waals surface area contributed by atoms with Gasteiger partial charge in [-0.05, 0) is 49.4 Å². The molecule has 1 aliphatic carbocycles. The van der Waals surface area contributed by atoms with Crippen molar-refractivity contribution in [1.29, 1.82) is 5.26 Å². The predicted molar refractivity (Wildman–Crippen MR) is 107 cm³/mol. The molecule has 3 aromatic rings. The number of rotatable bonds is 3. The van der Waals surface area contributed by atoms with Crippen molar-refractivity contribution < 1.29 is 4.74 Å². The van der Waals surface area contributed by atoms with Crippen LogP contribution in [0.15, 0.2) is 29.4 Å². The summed E-state index contributed by atoms with van der Waals surface area (Å²) in [6.07, 6.45) is 10.8. The molecule has 5 heteroatoms. The van der Waals surface area contributed by atoms with Crippen LogP contribution in [0.25, 0.3) is 10.9 Å². The van der Waals surface area contributed by atoms with E-state index >= 15 is 0 Å². The zero-order chi connectivity index (χ0) is 17.9. The fourth-order valence-corrected chi connectivity index (χ4v) is 4.78. The average molecular weight is 363 g/mol. The van der Waals surface area contributed by atoms with E-state index in [2.05, 4.69) is 11.1 Å². The van der Waals surface area contributed by atoms with Gasteiger partial charge in [-0.3, -0.25) is 0 Å². The molecule has 1 aliphatic rings. The Morgan fingerprint density at radius 2 is 2.08 bits per heavy atom. The van der Waals surface area contributed by atoms with Crippen molar-refractivity contribution in [1.82, 2.24) is 4.98 Å². The van der Waals surface area contributed by atoms with Crippen molar-refractivity contribution in [3.63, 3.8) is 0 Å². The van der Waals surface area contributed by atoms with Crippen LogP contribution in [0.5, 0.6) is 5.75 Å². The second-order valence-corrected chi connectivity index (χ2v) is 7.71. The number of benzene rings is 1. The summed E-state index contributed by atoms with van der Waals surface area (Å²) in [5, 5.41) is 11.6. The summed E-state index contributed by atoms with van der Waals surface area (Å²) < 4.78 is 5.33. The van der Waals surface area contributed by atoms with Crippen LogP contribution < -0.4 is 4.74 Å². The Morgan fingerprint density at radius 1 is 1.23 bits per heavy atom. The molecule has 2 aromatic heterocycles. The summed E-state index contributed by atoms with van der Waals surface area (Å²) in [5.74, 6) is 0.823. The molecule has 0 aliphatic heterocycles. The third-order valence-corrected chi connectivity index (χ3v) is 6.21. The third kappa shape index (κ3) is 3.13. The molecular formula is C21H21N3OS. The van der Waals surface area contributed by atoms with Crippen molar-refractivity contribution in [2.45, 2.75) is 38.5 Å². The van der Waals surface area contributed by atoms with E-state index in [0.29, 0.717) is 0 Å². The number of fused-ring (bicyclic) bond motifs is 2. The Kier molecular flexibility index (Phi) is 4.77. The maximum absolute atomic E-state index is 9.68. The summed E-state index contributed by atoms with van der Waals surface area (Å²) >= 11 is 1.69. The van der Waals surface area contributed by atoms with Gasteiger partial charge in [-0.2, -0.15) is 5.26 Å². The van der Waals surface area contributed by atoms with E-state index < -0.39 is 0 Å². The molecule has 0 amide bonds. The standard InChI is InChI=1S/C21H21N3OS/c1-25-15-8-9-19-17(10-15)14(12-23-19)13-24-21-18(11-22)16-6-4-2-3-5-7-20(16)26-21/h8-10,12-13,23H,2-7H2,1H3/b24-13+. The summed E-state index contributed by atoms with van der Waals surface area (Å²) in [5.41, 5.74) is 4.07. The van der Waals surface area contributed by atoms with Crippen molar-refractivity contribution in [2.24, 2.45) is 4.99 Å². The van der Waals surface area contributed by atoms with Gasteiger partial charge >= 0.3 is 0 Å². The zero-order valence-corrected chi connectivity index (χ0v) is 15.7. The van der Waals surface area contributed by atoms with Crippen LogP contribution in [0.1, 0.15) is 47.3 Å². The van der Waals surface area contributed by atoms with Gasteiger partial charge in [0.1, 0.15) is 16.8 Å². The molecule has 4 rings (SSSR count). The van der Waals surface area contributed by atoms with E-state index in [-0.39, 0.29) is 0 Å². The summed E-state index contributed by atoms with van der Waals surface area (Å²) in [7, 11) is 1.67. The number of methoxy groups -OCH3 is 1. The molecule has 0 spiro atoms. The minimum absolute atomic E-state index is 0.778. The van der Waals surface area contributed by atoms with Gasteiger partial charge in [0.15, 0.2) is 0 Å². The first-order valence-electron chi connectivity index (χ1n) is 9.04. The van der Waals surface area contributed by atoms with Crippen molar-refractivity contribution >= 4 is 33.5 Å². The van der Waals surface area contributed by atoms with Gasteiger partial charge in [-0.1, -0.05) is 12.8 Å². The molecule has 132 valence electrons. The molecule has 0 saturated heterocycles. The van der Waals surface area contributed by atoms with Gasteiger partial charge in [0.25, 0.3) is 0 Å². The smallest absolute Gasteiger partial charge is 0.134 e. The van der Waals surface area contributed by atoms with Gasteiger partial charge in [-0.25, -0.2) is 4.99 Å². The highest BCUT2D eigenvalue weighted by molar-refractivity contribution is 7.16. The van der Waals surface area contributed by atoms with E-state index in [1.54, 1.807) is 18.4 Å². The number of hydrogen-bond acceptors (Lipinski definition) is 4. The highest BCUT2D eigenvalue weighted by atomic mass is 32.1. The number of aliphatic imine (C=N–C) groups is 1. The second-order valence-electron chi connectivity index (χ2n) is 6.62. The molecule has 1 N–H and O–H groups in total. The Hall–Kier alpha value is -2.58. The molecule has 1 aromatic carbocycles. The van der Waals surface area contributed by atoms with E-state index in [9.17, 15) is 5.26 Å². The van der Waals surface area contributed by atoms with Gasteiger partial charge < -0.3 is 9.72 Å². The summed E-state index contributed by atoms with van der Waals surface area (Å²) in [6, 6.07) is 8.35. The number of nitriles is 1. The molecule has 0 radical (unpaired) electrons. The second kappa shape index (κ2) is 7.35. The third-order valence-electron chi connectivity index (χ3n) is 5.01. The lowest BCUT2D eigenvalue weighted by molar-refractivity contribution is 0.415. The van der Waals surface area contributed by atoms with Crippen molar-refractivity contribution in [2.75, 3.05) is 7.11 Å². The minimum atomic E-state index is 0.778. The number of nitrogens with one attached hydrogen (secondary N) is 1. The summed E-state index contributed by atoms with van der Waals surface area (Å²) in [6.45, 7) is 0. The van der Waals surface area contributed by atoms with Gasteiger partial charge in [0.2, 0.25) is 0 Å². The SMILES string of the molecule is COc1ccc2[nH]cc(/C=N/c3sc4c(c3C#N)CCCCCC4)c2c1. The van der Waals surface area contributed by atoms with E-state index in [0.717, 1.165) is 45.6 Å². The molecule has 2 heterocycles. The monoisotopic (exact) mass is 363 g/mol. The predicted octanol–water partition coefficient (Wildman–Crippen LogP) is 5.52. The number of ether oxygens (including phenoxy) is 1. The Morgan fingerprint density at radius 3 is 2.88 bits per heavy atom. The molecule has 0 atom stereocenters. The summed E-state index contributed by atoms with van der Waals surface area (Å²) in [4.78, 5) is 9.32. The molecule has 0 saturated carbocycles. The van der Waals surface area contributed by atoms with E-state index in [1.807, 2.05) is 30.6 Å². The number of nitrogens with zero attached hydrogens (tertiary/aromatic N) is 2. The Bertz CT molecular complexity index is 1010. The number of aromatic amines is 1. The quantitative estimate of drug-likeness (QED) is 0.623. The molecule has 26 heavy (non-hydrogen) atoms. The maximum atomic E-state index is 9.68. The van der Waals surface area contributed by atoms with E-state index in [1.165, 1.54) is 36.1 Å². The van der Waals surface area contributed by atoms with Crippen molar-refractivity contribution in [3.8, 4) is 11.8 Å². The van der Waals surface area contributed by atoms with Gasteiger partial charge in [0, 0.05) is 33.8 Å². The normalized spacial score (nSPS) is 14.8. The lowest BCUT2D eigenvalue weighted by atomic mass is 9.97. The number of thiophene rings is 1. The van der Waals surface area contributed by atoms with Crippen LogP contribution >= 0.6 is 11.3 Å². The first-order valence-corrected chi connectivity index (χ1v) is 9.85. The van der Waals surface area contributed by atoms with Crippen LogP contribution in [-0.2, 0) is 12.8 Å². The first-order chi connectivity index (χ1) is 12.8. The maximum Gasteiger partial charge on any atom is 0.134 e. The molecular weight excluding hydrogens is 342 g/mol. The minimum Gasteiger partial charge on any atom is -0.497 e. The lowest BCUT2D eigenvalue weighted by Crippen LogP contribution is -1.97. The van der Waals surface area contributed by atoms with Crippen LogP contribution in [0.2, 0.25) is 0 Å². The topological polar surface area (TPSA) is 61.2 Å². The number of aromatic nitrogens is 1. The van der Waals surface area contributed by atoms with Crippen molar-refractivity contribution in [3.05, 3.63) is 46.0 Å². The molecule has 0 bridgehead atoms. The largest absolute Gasteiger partial charge is 0.497 e. The molecule has 0 fully saturated rings. The van der Waals surface area contributed by atoms with Crippen LogP contribution in [0.4, 0.5) is 5.00 Å². The van der Waals surface area contributed by atoms with Gasteiger partial charge in [-0.15, -0.1) is 11.3 Å². The van der Waals surface area contributed by atoms with Crippen LogP contribution in [0.3, 0.4) is 0 Å². The first kappa shape index (κ1) is 16.9. The fourth-order valence-electron chi connectivity index (χ4n) is 3.59. The highest BCUT2D eigenvalue weighted by Crippen LogP contribution is 2.38. The zero-order valence-electron chi connectivity index (χ0n) is 14.8. The number of aryl methyl sites for hydroxylation is 1. The van der Waals surface area contributed by atoms with Crippen LogP contribution in [0, 0.1) is 11.3 Å². The van der Waals surface area contributed by atoms with E-state index in [4.69, 9.17) is 9.73 Å². The van der Waals surface area contributed by atoms with Crippen LogP contribution in [-0.4, -0.2) is 18.3 Å². The molecule has 0 unspecified atom stereocenters. The lowest BCUT2D eigenvalue weighted by Gasteiger charge is -2.08. The Labute approximate surface area is 157 Å². The average Bonchev–Trinajstić information content (AvgIpc) is 3.19. The number of hydrogen-bond donors (Lipinski definition) is 1. The number of H-pyrrole nitrogens is 1. The Balaban J connectivity index is 1.71. The van der Waals surface area contributed by atoms with Gasteiger partial charge in [0.05, 0.1) is 12.7 Å².